The Morgan fingerprint density at radius 2 is 1.62 bits per heavy atom. The van der Waals surface area contributed by atoms with E-state index in [1.165, 1.54) is 0 Å². The fraction of sp³-hybridized carbons (Fsp3) is 0.129. The Hall–Kier alpha value is -5.11. The maximum Gasteiger partial charge on any atom is 0.228 e. The van der Waals surface area contributed by atoms with Crippen LogP contribution in [0.4, 0.5) is 0 Å². The summed E-state index contributed by atoms with van der Waals surface area (Å²) < 4.78 is 24.9. The lowest BCUT2D eigenvalue weighted by atomic mass is 9.81. The smallest absolute Gasteiger partial charge is 0.228 e. The van der Waals surface area contributed by atoms with E-state index < -0.39 is 0 Å². The van der Waals surface area contributed by atoms with Crippen molar-refractivity contribution in [2.24, 2.45) is 0 Å². The summed E-state index contributed by atoms with van der Waals surface area (Å²) in [5.74, 6) is 3.68. The maximum absolute atomic E-state index is 6.39. The number of fused-ring (bicyclic) bond motifs is 6. The average molecular weight is 517 g/mol. The van der Waals surface area contributed by atoms with Gasteiger partial charge in [0.15, 0.2) is 23.0 Å². The Morgan fingerprint density at radius 3 is 2.44 bits per heavy atom. The second-order valence-corrected chi connectivity index (χ2v) is 9.21. The zero-order chi connectivity index (χ0) is 26.3. The number of aromatic nitrogens is 4. The van der Waals surface area contributed by atoms with Crippen LogP contribution in [0.2, 0.25) is 0 Å². The first kappa shape index (κ1) is 23.0. The van der Waals surface area contributed by atoms with Crippen LogP contribution >= 0.6 is 0 Å². The summed E-state index contributed by atoms with van der Waals surface area (Å²) in [6, 6.07) is 28.0. The van der Waals surface area contributed by atoms with Gasteiger partial charge in [-0.3, -0.25) is 0 Å². The van der Waals surface area contributed by atoms with Crippen LogP contribution in [0.1, 0.15) is 28.4 Å². The quantitative estimate of drug-likeness (QED) is 0.262. The zero-order valence-electron chi connectivity index (χ0n) is 21.4. The molecule has 0 bridgehead atoms. The highest BCUT2D eigenvalue weighted by Gasteiger charge is 2.34. The molecule has 0 amide bonds. The van der Waals surface area contributed by atoms with Gasteiger partial charge >= 0.3 is 0 Å². The predicted octanol–water partition coefficient (Wildman–Crippen LogP) is 6.16. The van der Waals surface area contributed by atoms with E-state index in [0.717, 1.165) is 39.0 Å². The van der Waals surface area contributed by atoms with E-state index >= 15 is 0 Å². The molecule has 0 saturated carbocycles. The Balaban J connectivity index is 1.38. The van der Waals surface area contributed by atoms with Crippen LogP contribution in [0.3, 0.4) is 0 Å². The van der Waals surface area contributed by atoms with Gasteiger partial charge in [0.05, 0.1) is 19.8 Å². The monoisotopic (exact) mass is 516 g/mol. The summed E-state index contributed by atoms with van der Waals surface area (Å²) in [4.78, 5) is 9.55. The van der Waals surface area contributed by atoms with Gasteiger partial charge in [-0.2, -0.15) is 0 Å². The molecule has 0 radical (unpaired) electrons. The van der Waals surface area contributed by atoms with E-state index in [2.05, 4.69) is 40.4 Å². The molecule has 2 aromatic heterocycles. The molecule has 1 atom stereocenters. The third kappa shape index (κ3) is 3.88. The second-order valence-electron chi connectivity index (χ2n) is 9.21. The zero-order valence-corrected chi connectivity index (χ0v) is 21.4. The van der Waals surface area contributed by atoms with Gasteiger partial charge in [-0.1, -0.05) is 54.6 Å². The van der Waals surface area contributed by atoms with E-state index in [1.807, 2.05) is 54.6 Å². The van der Waals surface area contributed by atoms with Crippen molar-refractivity contribution >= 4 is 16.4 Å². The highest BCUT2D eigenvalue weighted by atomic mass is 16.5. The largest absolute Gasteiger partial charge is 0.497 e. The van der Waals surface area contributed by atoms with E-state index in [1.54, 1.807) is 25.1 Å². The molecule has 0 N–H and O–H groups in total. The lowest BCUT2D eigenvalue weighted by Crippen LogP contribution is -2.15. The molecule has 7 rings (SSSR count). The highest BCUT2D eigenvalue weighted by Crippen LogP contribution is 2.50. The van der Waals surface area contributed by atoms with E-state index in [9.17, 15) is 0 Å². The molecule has 1 aliphatic rings. The van der Waals surface area contributed by atoms with Crippen molar-refractivity contribution in [2.75, 3.05) is 14.2 Å². The van der Waals surface area contributed by atoms with Crippen molar-refractivity contribution < 1.29 is 18.9 Å². The number of ether oxygens (including phenoxy) is 4. The van der Waals surface area contributed by atoms with Crippen molar-refractivity contribution in [1.82, 2.24) is 19.6 Å². The van der Waals surface area contributed by atoms with Crippen LogP contribution < -0.4 is 18.9 Å². The maximum atomic E-state index is 6.39. The first-order valence-electron chi connectivity index (χ1n) is 12.6. The van der Waals surface area contributed by atoms with Gasteiger partial charge in [-0.25, -0.2) is 14.5 Å². The summed E-state index contributed by atoms with van der Waals surface area (Å²) in [6.45, 7) is 0.171. The summed E-state index contributed by atoms with van der Waals surface area (Å²) in [5, 5.41) is 6.91. The first-order chi connectivity index (χ1) is 19.2. The molecule has 8 nitrogen and oxygen atoms in total. The first-order valence-corrected chi connectivity index (χ1v) is 12.6. The van der Waals surface area contributed by atoms with E-state index in [0.29, 0.717) is 28.9 Å². The standard InChI is InChI=1S/C31H24N4O4/c1-36-21-14-11-20(12-15-21)27-28-22-8-4-3-7-19(22)13-16-25(28)39-31-29(27)30-33-26(34-35(30)18-32-31)17-38-24-10-6-5-9-23(24)37-2/h3-16,18,27H,17H2,1-2H3/t27-/m0/s1. The molecule has 1 aliphatic heterocycles. The minimum Gasteiger partial charge on any atom is -0.497 e. The normalized spacial score (nSPS) is 13.9. The molecular weight excluding hydrogens is 492 g/mol. The number of nitrogens with zero attached hydrogens (tertiary/aromatic N) is 4. The highest BCUT2D eigenvalue weighted by molar-refractivity contribution is 5.90. The van der Waals surface area contributed by atoms with E-state index in [-0.39, 0.29) is 12.5 Å². The molecule has 192 valence electrons. The topological polar surface area (TPSA) is 80.0 Å². The van der Waals surface area contributed by atoms with Crippen molar-refractivity contribution in [3.63, 3.8) is 0 Å². The lowest BCUT2D eigenvalue weighted by Gasteiger charge is -2.29. The Kier molecular flexibility index (Phi) is 5.51. The summed E-state index contributed by atoms with van der Waals surface area (Å²) in [7, 11) is 3.28. The third-order valence-electron chi connectivity index (χ3n) is 7.02. The van der Waals surface area contributed by atoms with E-state index in [4.69, 9.17) is 23.9 Å². The SMILES string of the molecule is COc1ccc([C@H]2c3c(ccc4ccccc34)Oc3ncn4nc(COc5ccccc5OC)nc4c32)cc1. The molecule has 3 heterocycles. The fourth-order valence-electron chi connectivity index (χ4n) is 5.22. The molecule has 6 aromatic rings. The Labute approximate surface area is 224 Å². The summed E-state index contributed by atoms with van der Waals surface area (Å²) in [5.41, 5.74) is 3.65. The molecule has 0 fully saturated rings. The van der Waals surface area contributed by atoms with Gasteiger partial charge < -0.3 is 18.9 Å². The van der Waals surface area contributed by atoms with Crippen LogP contribution in [-0.2, 0) is 6.61 Å². The summed E-state index contributed by atoms with van der Waals surface area (Å²) >= 11 is 0. The van der Waals surface area contributed by atoms with Crippen LogP contribution in [0.5, 0.6) is 28.9 Å². The molecule has 8 heteroatoms. The number of rotatable bonds is 6. The van der Waals surface area contributed by atoms with Gasteiger partial charge in [-0.15, -0.1) is 5.10 Å². The fourth-order valence-corrected chi connectivity index (χ4v) is 5.22. The molecule has 39 heavy (non-hydrogen) atoms. The van der Waals surface area contributed by atoms with Gasteiger partial charge in [0.25, 0.3) is 0 Å². The number of para-hydroxylation sites is 2. The lowest BCUT2D eigenvalue weighted by molar-refractivity contribution is 0.276. The van der Waals surface area contributed by atoms with Crippen molar-refractivity contribution in [3.05, 3.63) is 114 Å². The second kappa shape index (κ2) is 9.33. The molecule has 0 spiro atoms. The predicted molar refractivity (Wildman–Crippen MR) is 146 cm³/mol. The van der Waals surface area contributed by atoms with Gasteiger partial charge in [0.1, 0.15) is 24.4 Å². The van der Waals surface area contributed by atoms with Crippen LogP contribution in [0.25, 0.3) is 16.4 Å². The van der Waals surface area contributed by atoms with Crippen molar-refractivity contribution in [3.8, 4) is 28.9 Å². The van der Waals surface area contributed by atoms with Crippen LogP contribution in [-0.4, -0.2) is 33.8 Å². The van der Waals surface area contributed by atoms with Crippen molar-refractivity contribution in [1.29, 1.82) is 0 Å². The third-order valence-corrected chi connectivity index (χ3v) is 7.02. The van der Waals surface area contributed by atoms with Gasteiger partial charge in [0.2, 0.25) is 5.88 Å². The Morgan fingerprint density at radius 1 is 0.821 bits per heavy atom. The molecule has 0 aliphatic carbocycles. The molecule has 0 saturated heterocycles. The molecule has 4 aromatic carbocycles. The minimum absolute atomic E-state index is 0.171. The molecular formula is C31H24N4O4. The number of benzene rings is 4. The van der Waals surface area contributed by atoms with Gasteiger partial charge in [0, 0.05) is 11.5 Å². The average Bonchev–Trinajstić information content (AvgIpc) is 3.42. The van der Waals surface area contributed by atoms with Gasteiger partial charge in [-0.05, 0) is 46.7 Å². The minimum atomic E-state index is -0.191. The number of methoxy groups -OCH3 is 2. The van der Waals surface area contributed by atoms with Crippen molar-refractivity contribution in [2.45, 2.75) is 12.5 Å². The summed E-state index contributed by atoms with van der Waals surface area (Å²) in [6.07, 6.45) is 1.63. The number of hydrogen-bond acceptors (Lipinski definition) is 7. The van der Waals surface area contributed by atoms with Crippen LogP contribution in [0.15, 0.2) is 91.3 Å². The number of hydrogen-bond donors (Lipinski definition) is 0. The Bertz CT molecular complexity index is 1830. The molecule has 0 unspecified atom stereocenters. The van der Waals surface area contributed by atoms with Crippen LogP contribution in [0, 0.1) is 0 Å².